The summed E-state index contributed by atoms with van der Waals surface area (Å²) in [5, 5.41) is 20.4. The molecular weight excluding hydrogens is 406 g/mol. The van der Waals surface area contributed by atoms with Crippen LogP contribution in [-0.4, -0.2) is 62.2 Å². The van der Waals surface area contributed by atoms with E-state index in [1.54, 1.807) is 6.20 Å². The highest BCUT2D eigenvalue weighted by molar-refractivity contribution is 5.89. The van der Waals surface area contributed by atoms with E-state index in [2.05, 4.69) is 14.9 Å². The lowest BCUT2D eigenvalue weighted by atomic mass is 10.0. The molecule has 3 heterocycles. The lowest BCUT2D eigenvalue weighted by Crippen LogP contribution is -2.49. The molecule has 1 aliphatic rings. The topological polar surface area (TPSA) is 106 Å². The number of anilines is 1. The van der Waals surface area contributed by atoms with Crippen LogP contribution in [-0.2, 0) is 11.4 Å². The van der Waals surface area contributed by atoms with Gasteiger partial charge < -0.3 is 20.1 Å². The van der Waals surface area contributed by atoms with E-state index in [1.165, 1.54) is 0 Å². The molecule has 32 heavy (non-hydrogen) atoms. The van der Waals surface area contributed by atoms with Gasteiger partial charge in [0.05, 0.1) is 23.3 Å². The van der Waals surface area contributed by atoms with Crippen LogP contribution in [0.5, 0.6) is 0 Å². The Labute approximate surface area is 185 Å². The van der Waals surface area contributed by atoms with Crippen molar-refractivity contribution in [2.45, 2.75) is 19.6 Å². The van der Waals surface area contributed by atoms with E-state index in [0.29, 0.717) is 26.2 Å². The van der Waals surface area contributed by atoms with Gasteiger partial charge in [-0.1, -0.05) is 18.2 Å². The van der Waals surface area contributed by atoms with Gasteiger partial charge in [0.1, 0.15) is 6.04 Å². The number of nitrogens with one attached hydrogen (secondary N) is 1. The van der Waals surface area contributed by atoms with Crippen molar-refractivity contribution in [2.24, 2.45) is 0 Å². The average Bonchev–Trinajstić information content (AvgIpc) is 3.22. The Hall–Kier alpha value is -3.49. The van der Waals surface area contributed by atoms with Crippen LogP contribution in [0.1, 0.15) is 22.9 Å². The predicted molar refractivity (Wildman–Crippen MR) is 123 cm³/mol. The molecule has 0 unspecified atom stereocenters. The molecule has 3 N–H and O–H groups in total. The van der Waals surface area contributed by atoms with Crippen molar-refractivity contribution in [1.29, 1.82) is 0 Å². The molecule has 2 aromatic carbocycles. The largest absolute Gasteiger partial charge is 0.480 e. The number of aromatic amines is 1. The van der Waals surface area contributed by atoms with E-state index in [1.807, 2.05) is 54.3 Å². The number of piperazine rings is 1. The number of rotatable bonds is 5. The minimum absolute atomic E-state index is 0.0802. The number of fused-ring (bicyclic) bond motifs is 2. The number of benzene rings is 2. The Balaban J connectivity index is 1.40. The third-order valence-electron chi connectivity index (χ3n) is 6.19. The summed E-state index contributed by atoms with van der Waals surface area (Å²) in [4.78, 5) is 29.2. The summed E-state index contributed by atoms with van der Waals surface area (Å²) in [5.74, 6) is -0.0228. The smallest absolute Gasteiger partial charge is 0.325 e. The fourth-order valence-corrected chi connectivity index (χ4v) is 4.57. The second-order valence-electron chi connectivity index (χ2n) is 8.17. The van der Waals surface area contributed by atoms with E-state index in [-0.39, 0.29) is 6.61 Å². The van der Waals surface area contributed by atoms with Gasteiger partial charge >= 0.3 is 5.97 Å². The molecule has 1 saturated heterocycles. The maximum atomic E-state index is 12.3. The second kappa shape index (κ2) is 8.22. The average molecular weight is 431 g/mol. The lowest BCUT2D eigenvalue weighted by molar-refractivity contribution is -0.143. The molecule has 2 aromatic heterocycles. The highest BCUT2D eigenvalue weighted by atomic mass is 16.4. The Morgan fingerprint density at radius 2 is 1.81 bits per heavy atom. The van der Waals surface area contributed by atoms with Crippen LogP contribution in [0.25, 0.3) is 21.9 Å². The summed E-state index contributed by atoms with van der Waals surface area (Å²) < 4.78 is 0. The number of carbonyl (C=O) groups is 1. The van der Waals surface area contributed by atoms with Gasteiger partial charge in [-0.2, -0.15) is 0 Å². The molecule has 5 rings (SSSR count). The molecule has 8 nitrogen and oxygen atoms in total. The number of H-pyrrole nitrogens is 1. The SMILES string of the molecule is Cc1nc2ccccc2nc1N1CCN([C@@H](C(=O)O)c2c[nH]c3ccc(CO)cc23)CC1. The van der Waals surface area contributed by atoms with Crippen LogP contribution >= 0.6 is 0 Å². The van der Waals surface area contributed by atoms with Gasteiger partial charge in [0, 0.05) is 48.8 Å². The van der Waals surface area contributed by atoms with Crippen molar-refractivity contribution in [3.8, 4) is 0 Å². The fraction of sp³-hybridized carbons (Fsp3) is 0.292. The number of nitrogens with zero attached hydrogens (tertiary/aromatic N) is 4. The first-order chi connectivity index (χ1) is 15.5. The third-order valence-corrected chi connectivity index (χ3v) is 6.19. The van der Waals surface area contributed by atoms with Crippen LogP contribution in [0.4, 0.5) is 5.82 Å². The van der Waals surface area contributed by atoms with E-state index < -0.39 is 12.0 Å². The molecule has 0 radical (unpaired) electrons. The molecule has 4 aromatic rings. The normalized spacial score (nSPS) is 16.0. The maximum Gasteiger partial charge on any atom is 0.325 e. The number of aliphatic carboxylic acids is 1. The molecule has 0 bridgehead atoms. The standard InChI is InChI=1S/C24H25N5O3/c1-15-23(27-21-5-3-2-4-20(21)26-15)29-10-8-28(9-11-29)22(24(31)32)18-13-25-19-7-6-16(14-30)12-17(18)19/h2-7,12-13,22,25,30H,8-11,14H2,1H3,(H,31,32)/t22-/m1/s1. The number of aromatic nitrogens is 3. The molecule has 164 valence electrons. The molecule has 0 amide bonds. The number of hydrogen-bond donors (Lipinski definition) is 3. The van der Waals surface area contributed by atoms with Gasteiger partial charge in [-0.05, 0) is 36.8 Å². The van der Waals surface area contributed by atoms with Crippen LogP contribution in [0.3, 0.4) is 0 Å². The Morgan fingerprint density at radius 1 is 1.09 bits per heavy atom. The highest BCUT2D eigenvalue weighted by Crippen LogP contribution is 2.31. The van der Waals surface area contributed by atoms with Crippen molar-refractivity contribution in [2.75, 3.05) is 31.1 Å². The third kappa shape index (κ3) is 3.57. The first-order valence-corrected chi connectivity index (χ1v) is 10.7. The van der Waals surface area contributed by atoms with Crippen LogP contribution in [0.2, 0.25) is 0 Å². The number of carboxylic acid groups (broad SMARTS) is 1. The quantitative estimate of drug-likeness (QED) is 0.446. The molecule has 1 atom stereocenters. The number of aryl methyl sites for hydroxylation is 1. The maximum absolute atomic E-state index is 12.3. The van der Waals surface area contributed by atoms with Crippen LogP contribution in [0, 0.1) is 6.92 Å². The molecule has 0 saturated carbocycles. The van der Waals surface area contributed by atoms with Gasteiger partial charge in [0.2, 0.25) is 0 Å². The van der Waals surface area contributed by atoms with Gasteiger partial charge in [-0.15, -0.1) is 0 Å². The number of carboxylic acids is 1. The Kier molecular flexibility index (Phi) is 5.24. The zero-order chi connectivity index (χ0) is 22.2. The van der Waals surface area contributed by atoms with Crippen molar-refractivity contribution in [3.63, 3.8) is 0 Å². The van der Waals surface area contributed by atoms with E-state index >= 15 is 0 Å². The fourth-order valence-electron chi connectivity index (χ4n) is 4.57. The monoisotopic (exact) mass is 431 g/mol. The molecule has 8 heteroatoms. The zero-order valence-electron chi connectivity index (χ0n) is 17.8. The molecule has 0 aliphatic carbocycles. The van der Waals surface area contributed by atoms with E-state index in [4.69, 9.17) is 4.98 Å². The summed E-state index contributed by atoms with van der Waals surface area (Å²) in [6.07, 6.45) is 1.77. The van der Waals surface area contributed by atoms with E-state index in [0.717, 1.165) is 44.6 Å². The second-order valence-corrected chi connectivity index (χ2v) is 8.17. The summed E-state index contributed by atoms with van der Waals surface area (Å²) in [6.45, 7) is 4.41. The van der Waals surface area contributed by atoms with Gasteiger partial charge in [-0.3, -0.25) is 9.69 Å². The van der Waals surface area contributed by atoms with Crippen LogP contribution in [0.15, 0.2) is 48.7 Å². The first-order valence-electron chi connectivity index (χ1n) is 10.7. The summed E-state index contributed by atoms with van der Waals surface area (Å²) in [5.41, 5.74) is 4.96. The summed E-state index contributed by atoms with van der Waals surface area (Å²) in [7, 11) is 0. The van der Waals surface area contributed by atoms with Crippen LogP contribution < -0.4 is 4.90 Å². The summed E-state index contributed by atoms with van der Waals surface area (Å²) >= 11 is 0. The minimum atomic E-state index is -0.879. The Bertz CT molecular complexity index is 1290. The van der Waals surface area contributed by atoms with Gasteiger partial charge in [-0.25, -0.2) is 9.97 Å². The summed E-state index contributed by atoms with van der Waals surface area (Å²) in [6, 6.07) is 12.6. The Morgan fingerprint density at radius 3 is 2.50 bits per heavy atom. The number of aliphatic hydroxyl groups excluding tert-OH is 1. The number of hydrogen-bond acceptors (Lipinski definition) is 6. The predicted octanol–water partition coefficient (Wildman–Crippen LogP) is 2.86. The highest BCUT2D eigenvalue weighted by Gasteiger charge is 2.32. The first kappa shape index (κ1) is 20.4. The van der Waals surface area contributed by atoms with Crippen molar-refractivity contribution in [3.05, 3.63) is 65.5 Å². The molecule has 1 fully saturated rings. The van der Waals surface area contributed by atoms with E-state index in [9.17, 15) is 15.0 Å². The molecule has 1 aliphatic heterocycles. The number of para-hydroxylation sites is 2. The minimum Gasteiger partial charge on any atom is -0.480 e. The van der Waals surface area contributed by atoms with Crippen molar-refractivity contribution >= 4 is 33.7 Å². The van der Waals surface area contributed by atoms with Gasteiger partial charge in [0.25, 0.3) is 0 Å². The van der Waals surface area contributed by atoms with Crippen molar-refractivity contribution < 1.29 is 15.0 Å². The van der Waals surface area contributed by atoms with Gasteiger partial charge in [0.15, 0.2) is 5.82 Å². The number of aliphatic hydroxyl groups is 1. The molecular formula is C24H25N5O3. The lowest BCUT2D eigenvalue weighted by Gasteiger charge is -2.38. The van der Waals surface area contributed by atoms with Crippen molar-refractivity contribution in [1.82, 2.24) is 19.9 Å². The molecule has 0 spiro atoms. The zero-order valence-corrected chi connectivity index (χ0v) is 17.8.